The molecule has 4 nitrogen and oxygen atoms in total. The maximum absolute atomic E-state index is 11.6. The van der Waals surface area contributed by atoms with Crippen LogP contribution in [0.5, 0.6) is 0 Å². The molecule has 0 spiro atoms. The van der Waals surface area contributed by atoms with Crippen LogP contribution in [0.1, 0.15) is 85.5 Å². The van der Waals surface area contributed by atoms with Gasteiger partial charge in [0, 0.05) is 12.8 Å². The van der Waals surface area contributed by atoms with Gasteiger partial charge in [-0.05, 0) is 37.5 Å². The normalized spacial score (nSPS) is 11.5. The highest BCUT2D eigenvalue weighted by Gasteiger charge is 2.04. The minimum Gasteiger partial charge on any atom is -0.465 e. The van der Waals surface area contributed by atoms with E-state index in [-0.39, 0.29) is 5.97 Å². The van der Waals surface area contributed by atoms with Crippen molar-refractivity contribution in [1.29, 1.82) is 0 Å². The van der Waals surface area contributed by atoms with Gasteiger partial charge in [0.2, 0.25) is 6.29 Å². The van der Waals surface area contributed by atoms with E-state index in [1.54, 1.807) is 0 Å². The molecular formula is C25H42O4. The summed E-state index contributed by atoms with van der Waals surface area (Å²) in [4.78, 5) is 11.6. The minimum atomic E-state index is -0.501. The first-order valence-corrected chi connectivity index (χ1v) is 11.3. The first-order valence-electron chi connectivity index (χ1n) is 11.3. The maximum Gasteiger partial charge on any atom is 0.305 e. The van der Waals surface area contributed by atoms with Crippen LogP contribution in [0.2, 0.25) is 0 Å². The SMILES string of the molecule is CCC/C=C/COC(C#CCCCCCC(=O)OCC(C)C)OC/C=C/CCC. The second kappa shape index (κ2) is 21.1. The minimum absolute atomic E-state index is 0.0982. The van der Waals surface area contributed by atoms with Gasteiger partial charge >= 0.3 is 5.97 Å². The van der Waals surface area contributed by atoms with E-state index in [4.69, 9.17) is 14.2 Å². The first-order chi connectivity index (χ1) is 14.1. The lowest BCUT2D eigenvalue weighted by Gasteiger charge is -2.10. The van der Waals surface area contributed by atoms with E-state index in [1.807, 2.05) is 26.0 Å². The molecule has 0 atom stereocenters. The fraction of sp³-hybridized carbons (Fsp3) is 0.720. The molecule has 0 N–H and O–H groups in total. The summed E-state index contributed by atoms with van der Waals surface area (Å²) in [5.41, 5.74) is 0. The summed E-state index contributed by atoms with van der Waals surface area (Å²) < 4.78 is 16.6. The molecule has 0 aromatic rings. The molecular weight excluding hydrogens is 364 g/mol. The molecule has 0 unspecified atom stereocenters. The summed E-state index contributed by atoms with van der Waals surface area (Å²) in [5, 5.41) is 0. The van der Waals surface area contributed by atoms with E-state index in [2.05, 4.69) is 37.8 Å². The second-order valence-corrected chi connectivity index (χ2v) is 7.48. The molecule has 166 valence electrons. The van der Waals surface area contributed by atoms with Gasteiger partial charge in [0.25, 0.3) is 0 Å². The number of ether oxygens (including phenoxy) is 3. The Morgan fingerprint density at radius 1 is 0.897 bits per heavy atom. The average molecular weight is 407 g/mol. The van der Waals surface area contributed by atoms with E-state index in [9.17, 15) is 4.79 Å². The van der Waals surface area contributed by atoms with Crippen LogP contribution in [-0.4, -0.2) is 32.1 Å². The number of hydrogen-bond donors (Lipinski definition) is 0. The smallest absolute Gasteiger partial charge is 0.305 e. The molecule has 29 heavy (non-hydrogen) atoms. The van der Waals surface area contributed by atoms with Gasteiger partial charge in [0.05, 0.1) is 19.8 Å². The summed E-state index contributed by atoms with van der Waals surface area (Å²) in [6.45, 7) is 9.91. The monoisotopic (exact) mass is 406 g/mol. The van der Waals surface area contributed by atoms with Gasteiger partial charge in [-0.2, -0.15) is 0 Å². The van der Waals surface area contributed by atoms with Crippen molar-refractivity contribution in [2.45, 2.75) is 91.8 Å². The fourth-order valence-electron chi connectivity index (χ4n) is 2.27. The van der Waals surface area contributed by atoms with E-state index < -0.39 is 6.29 Å². The van der Waals surface area contributed by atoms with Crippen molar-refractivity contribution < 1.29 is 19.0 Å². The number of hydrogen-bond acceptors (Lipinski definition) is 4. The van der Waals surface area contributed by atoms with E-state index >= 15 is 0 Å². The zero-order chi connectivity index (χ0) is 21.6. The molecule has 4 heteroatoms. The standard InChI is InChI=1S/C25H42O4/c1-5-7-9-16-20-27-25(28-21-17-10-8-6-2)19-15-13-11-12-14-18-24(26)29-22-23(3)4/h9-10,16-17,23,25H,5-8,11-14,18,20-22H2,1-4H3/b16-9+,17-10+. The number of carbonyl (C=O) groups is 1. The number of unbranched alkanes of at least 4 members (excludes halogenated alkanes) is 5. The zero-order valence-electron chi connectivity index (χ0n) is 19.1. The molecule has 0 radical (unpaired) electrons. The Bertz CT molecular complexity index is 477. The summed E-state index contributed by atoms with van der Waals surface area (Å²) >= 11 is 0. The molecule has 0 aromatic carbocycles. The van der Waals surface area contributed by atoms with Crippen molar-refractivity contribution in [1.82, 2.24) is 0 Å². The van der Waals surface area contributed by atoms with E-state index in [0.29, 0.717) is 32.2 Å². The predicted molar refractivity (Wildman–Crippen MR) is 120 cm³/mol. The van der Waals surface area contributed by atoms with Crippen LogP contribution in [0, 0.1) is 17.8 Å². The molecule has 0 bridgehead atoms. The highest BCUT2D eigenvalue weighted by atomic mass is 16.7. The van der Waals surface area contributed by atoms with E-state index in [0.717, 1.165) is 51.4 Å². The lowest BCUT2D eigenvalue weighted by atomic mass is 10.1. The Balaban J connectivity index is 4.11. The Morgan fingerprint density at radius 3 is 2.07 bits per heavy atom. The van der Waals surface area contributed by atoms with Crippen molar-refractivity contribution in [3.8, 4) is 11.8 Å². The van der Waals surface area contributed by atoms with Gasteiger partial charge in [-0.3, -0.25) is 4.79 Å². The van der Waals surface area contributed by atoms with Crippen molar-refractivity contribution in [3.63, 3.8) is 0 Å². The average Bonchev–Trinajstić information content (AvgIpc) is 2.70. The van der Waals surface area contributed by atoms with Crippen molar-refractivity contribution in [3.05, 3.63) is 24.3 Å². The molecule has 0 rings (SSSR count). The molecule has 0 aliphatic carbocycles. The fourth-order valence-corrected chi connectivity index (χ4v) is 2.27. The number of rotatable bonds is 17. The number of allylic oxidation sites excluding steroid dienone is 2. The predicted octanol–water partition coefficient (Wildman–Crippen LogP) is 6.21. The number of carbonyl (C=O) groups excluding carboxylic acids is 1. The van der Waals surface area contributed by atoms with Crippen LogP contribution in [0.25, 0.3) is 0 Å². The highest BCUT2D eigenvalue weighted by molar-refractivity contribution is 5.69. The lowest BCUT2D eigenvalue weighted by Crippen LogP contribution is -2.15. The summed E-state index contributed by atoms with van der Waals surface area (Å²) in [7, 11) is 0. The lowest BCUT2D eigenvalue weighted by molar-refractivity contribution is -0.144. The Hall–Kier alpha value is -1.57. The molecule has 0 saturated carbocycles. The van der Waals surface area contributed by atoms with Crippen LogP contribution in [-0.2, 0) is 19.0 Å². The highest BCUT2D eigenvalue weighted by Crippen LogP contribution is 2.05. The van der Waals surface area contributed by atoms with Gasteiger partial charge in [0.15, 0.2) is 0 Å². The molecule has 0 saturated heterocycles. The van der Waals surface area contributed by atoms with Gasteiger partial charge in [-0.25, -0.2) is 0 Å². The summed E-state index contributed by atoms with van der Waals surface area (Å²) in [6.07, 6.45) is 16.2. The zero-order valence-corrected chi connectivity index (χ0v) is 19.1. The van der Waals surface area contributed by atoms with E-state index in [1.165, 1.54) is 0 Å². The summed E-state index contributed by atoms with van der Waals surface area (Å²) in [6, 6.07) is 0. The maximum atomic E-state index is 11.6. The van der Waals surface area contributed by atoms with Crippen LogP contribution in [0.3, 0.4) is 0 Å². The van der Waals surface area contributed by atoms with Gasteiger partial charge in [-0.1, -0.05) is 77.2 Å². The Morgan fingerprint density at radius 2 is 1.52 bits per heavy atom. The second-order valence-electron chi connectivity index (χ2n) is 7.48. The summed E-state index contributed by atoms with van der Waals surface area (Å²) in [5.74, 6) is 6.52. The van der Waals surface area contributed by atoms with Crippen molar-refractivity contribution in [2.75, 3.05) is 19.8 Å². The third-order valence-electron chi connectivity index (χ3n) is 3.91. The van der Waals surface area contributed by atoms with Crippen molar-refractivity contribution >= 4 is 5.97 Å². The van der Waals surface area contributed by atoms with Gasteiger partial charge in [-0.15, -0.1) is 0 Å². The van der Waals surface area contributed by atoms with Crippen LogP contribution in [0.15, 0.2) is 24.3 Å². The van der Waals surface area contributed by atoms with Gasteiger partial charge in [0.1, 0.15) is 0 Å². The first kappa shape index (κ1) is 27.4. The van der Waals surface area contributed by atoms with Crippen LogP contribution < -0.4 is 0 Å². The molecule has 0 aliphatic heterocycles. The third-order valence-corrected chi connectivity index (χ3v) is 3.91. The topological polar surface area (TPSA) is 44.8 Å². The Labute approximate surface area is 179 Å². The third kappa shape index (κ3) is 21.0. The molecule has 0 heterocycles. The molecule has 0 aromatic heterocycles. The van der Waals surface area contributed by atoms with Crippen LogP contribution in [0.4, 0.5) is 0 Å². The van der Waals surface area contributed by atoms with Gasteiger partial charge < -0.3 is 14.2 Å². The largest absolute Gasteiger partial charge is 0.465 e. The van der Waals surface area contributed by atoms with Crippen molar-refractivity contribution in [2.24, 2.45) is 5.92 Å². The quantitative estimate of drug-likeness (QED) is 0.0947. The molecule has 0 amide bonds. The molecule has 0 aliphatic rings. The van der Waals surface area contributed by atoms with Crippen LogP contribution >= 0.6 is 0 Å². The Kier molecular flexibility index (Phi) is 20.0. The number of esters is 1. The molecule has 0 fully saturated rings.